The molecule has 2 aromatic heterocycles. The number of fused-ring (bicyclic) bond motifs is 1. The Hall–Kier alpha value is -2.82. The molecule has 0 radical (unpaired) electrons. The fraction of sp³-hybridized carbons (Fsp3) is 0.179. The van der Waals surface area contributed by atoms with E-state index in [0.29, 0.717) is 11.6 Å². The number of pyridine rings is 2. The van der Waals surface area contributed by atoms with Crippen LogP contribution in [-0.2, 0) is 26.5 Å². The van der Waals surface area contributed by atoms with Gasteiger partial charge in [0.15, 0.2) is 0 Å². The molecule has 0 spiro atoms. The van der Waals surface area contributed by atoms with E-state index in [9.17, 15) is 0 Å². The topological polar surface area (TPSA) is 41.5 Å². The summed E-state index contributed by atoms with van der Waals surface area (Å²) in [5, 5.41) is 0.930. The van der Waals surface area contributed by atoms with Gasteiger partial charge in [-0.25, -0.2) is 4.98 Å². The van der Waals surface area contributed by atoms with E-state index in [1.54, 1.807) is 18.0 Å². The molecule has 5 nitrogen and oxygen atoms in total. The molecule has 7 heteroatoms. The summed E-state index contributed by atoms with van der Waals surface area (Å²) in [6.45, 7) is 8.63. The molecule has 0 saturated carbocycles. The third-order valence-electron chi connectivity index (χ3n) is 5.49. The van der Waals surface area contributed by atoms with Crippen LogP contribution in [0.5, 0.6) is 11.6 Å². The molecule has 0 amide bonds. The molecule has 0 atom stereocenters. The van der Waals surface area contributed by atoms with Crippen molar-refractivity contribution in [3.63, 3.8) is 0 Å². The minimum Gasteiger partial charge on any atom is -0.504 e. The van der Waals surface area contributed by atoms with Crippen molar-refractivity contribution in [2.24, 2.45) is 0 Å². The molecule has 3 heterocycles. The average molecular weight is 661 g/mol. The second kappa shape index (κ2) is 10.4. The Labute approximate surface area is 225 Å². The number of hydrogen-bond acceptors (Lipinski definition) is 6. The summed E-state index contributed by atoms with van der Waals surface area (Å²) < 4.78 is 6.04. The third kappa shape index (κ3) is 5.71. The van der Waals surface area contributed by atoms with Crippen molar-refractivity contribution < 1.29 is 25.8 Å². The molecule has 0 fully saturated rings. The Morgan fingerprint density at radius 2 is 1.69 bits per heavy atom. The summed E-state index contributed by atoms with van der Waals surface area (Å²) in [5.41, 5.74) is 4.40. The first kappa shape index (κ1) is 25.3. The van der Waals surface area contributed by atoms with Crippen LogP contribution in [-0.4, -0.2) is 17.0 Å². The van der Waals surface area contributed by atoms with E-state index in [2.05, 4.69) is 76.9 Å². The molecule has 0 N–H and O–H groups in total. The predicted molar refractivity (Wildman–Crippen MR) is 137 cm³/mol. The Morgan fingerprint density at radius 3 is 2.49 bits per heavy atom. The first-order chi connectivity index (χ1) is 16.4. The largest absolute Gasteiger partial charge is 0.504 e. The van der Waals surface area contributed by atoms with Crippen molar-refractivity contribution >= 4 is 28.8 Å². The molecule has 1 aliphatic heterocycles. The molecule has 5 rings (SSSR count). The van der Waals surface area contributed by atoms with Gasteiger partial charge < -0.3 is 14.5 Å². The van der Waals surface area contributed by atoms with Crippen molar-refractivity contribution in [3.8, 4) is 11.6 Å². The number of benzene rings is 2. The van der Waals surface area contributed by atoms with Crippen molar-refractivity contribution in [2.45, 2.75) is 36.1 Å². The molecule has 35 heavy (non-hydrogen) atoms. The van der Waals surface area contributed by atoms with Crippen molar-refractivity contribution in [1.29, 1.82) is 0 Å². The molecule has 0 unspecified atom stereocenters. The smallest absolute Gasteiger partial charge is 0.123 e. The van der Waals surface area contributed by atoms with Gasteiger partial charge in [0.05, 0.1) is 5.03 Å². The fourth-order valence-electron chi connectivity index (χ4n) is 3.70. The fourth-order valence-corrected chi connectivity index (χ4v) is 4.53. The standard InChI is InChI=1S/C28H25N4OS.Pt/c1-28(2,3)20-12-14-30-27(16-20)34-23-9-7-8-22(18-23)33-26-17-21(13-15-29-26)32-19-31(4)24-10-5-6-11-25(24)32;/h5-16,19H,1-4H3;/q-3;. The number of rotatable bonds is 5. The second-order valence-corrected chi connectivity index (χ2v) is 10.1. The van der Waals surface area contributed by atoms with Crippen LogP contribution >= 0.6 is 11.8 Å². The maximum Gasteiger partial charge on any atom is 0.123 e. The van der Waals surface area contributed by atoms with Gasteiger partial charge in [-0.3, -0.25) is 4.98 Å². The normalized spacial score (nSPS) is 12.8. The monoisotopic (exact) mass is 660 g/mol. The van der Waals surface area contributed by atoms with E-state index in [1.165, 1.54) is 5.56 Å². The van der Waals surface area contributed by atoms with E-state index >= 15 is 0 Å². The molecule has 182 valence electrons. The Bertz CT molecular complexity index is 1320. The summed E-state index contributed by atoms with van der Waals surface area (Å²) in [6, 6.07) is 26.8. The first-order valence-corrected chi connectivity index (χ1v) is 11.9. The summed E-state index contributed by atoms with van der Waals surface area (Å²) in [4.78, 5) is 14.0. The first-order valence-electron chi connectivity index (χ1n) is 11.1. The predicted octanol–water partition coefficient (Wildman–Crippen LogP) is 7.02. The van der Waals surface area contributed by atoms with Crippen LogP contribution in [0.25, 0.3) is 0 Å². The van der Waals surface area contributed by atoms with Crippen molar-refractivity contribution in [2.75, 3.05) is 16.8 Å². The van der Waals surface area contributed by atoms with Gasteiger partial charge in [0.1, 0.15) is 5.88 Å². The van der Waals surface area contributed by atoms with E-state index in [0.717, 1.165) is 27.0 Å². The zero-order valence-corrected chi connectivity index (χ0v) is 23.0. The number of ether oxygens (including phenoxy) is 1. The average Bonchev–Trinajstić information content (AvgIpc) is 3.16. The maximum absolute atomic E-state index is 6.04. The summed E-state index contributed by atoms with van der Waals surface area (Å²) in [5.74, 6) is 0.977. The second-order valence-electron chi connectivity index (χ2n) is 9.06. The quantitative estimate of drug-likeness (QED) is 0.215. The molecule has 0 bridgehead atoms. The van der Waals surface area contributed by atoms with Crippen molar-refractivity contribution in [1.82, 2.24) is 9.97 Å². The van der Waals surface area contributed by atoms with Crippen LogP contribution in [0.4, 0.5) is 17.1 Å². The Morgan fingerprint density at radius 1 is 0.914 bits per heavy atom. The Kier molecular flexibility index (Phi) is 7.53. The molecule has 4 aromatic rings. The number of aromatic nitrogens is 2. The zero-order chi connectivity index (χ0) is 23.7. The van der Waals surface area contributed by atoms with Crippen LogP contribution in [0.1, 0.15) is 26.3 Å². The van der Waals surface area contributed by atoms with Gasteiger partial charge in [-0.15, -0.1) is 12.1 Å². The van der Waals surface area contributed by atoms with E-state index in [4.69, 9.17) is 4.74 Å². The van der Waals surface area contributed by atoms with Crippen LogP contribution in [0.15, 0.2) is 83.0 Å². The van der Waals surface area contributed by atoms with Crippen LogP contribution < -0.4 is 14.5 Å². The van der Waals surface area contributed by atoms with Gasteiger partial charge >= 0.3 is 0 Å². The van der Waals surface area contributed by atoms with Crippen molar-refractivity contribution in [3.05, 3.63) is 97.4 Å². The van der Waals surface area contributed by atoms with Gasteiger partial charge in [-0.1, -0.05) is 49.6 Å². The van der Waals surface area contributed by atoms with Crippen LogP contribution in [0.3, 0.4) is 0 Å². The summed E-state index contributed by atoms with van der Waals surface area (Å²) >= 11 is 1.56. The Balaban J connectivity index is 0.00000289. The molecule has 0 aliphatic carbocycles. The molecule has 1 aliphatic rings. The van der Waals surface area contributed by atoms with Gasteiger partial charge in [-0.05, 0) is 48.5 Å². The van der Waals surface area contributed by atoms with E-state index in [1.807, 2.05) is 56.3 Å². The van der Waals surface area contributed by atoms with E-state index in [-0.39, 0.29) is 26.5 Å². The van der Waals surface area contributed by atoms with Gasteiger partial charge in [0.25, 0.3) is 0 Å². The van der Waals surface area contributed by atoms with Gasteiger partial charge in [0.2, 0.25) is 0 Å². The van der Waals surface area contributed by atoms with E-state index < -0.39 is 0 Å². The van der Waals surface area contributed by atoms with Gasteiger partial charge in [0, 0.05) is 44.4 Å². The summed E-state index contributed by atoms with van der Waals surface area (Å²) in [7, 11) is 2.03. The maximum atomic E-state index is 6.04. The third-order valence-corrected chi connectivity index (χ3v) is 6.38. The molecule has 2 aromatic carbocycles. The van der Waals surface area contributed by atoms with Crippen LogP contribution in [0, 0.1) is 18.8 Å². The molecule has 0 saturated heterocycles. The number of para-hydroxylation sites is 2. The number of nitrogens with zero attached hydrogens (tertiary/aromatic N) is 4. The summed E-state index contributed by atoms with van der Waals surface area (Å²) in [6.07, 6.45) is 3.59. The molecular weight excluding hydrogens is 635 g/mol. The minimum absolute atomic E-state index is 0. The SMILES string of the molecule is CN1[CH-]N(c2[c-]c(Oc3[c-]c(Sc4cc(C(C)(C)C)ccn4)ccc3)ncc2)c2ccccc21.[Pt]. The molecular formula is C28H25N4OPtS-3. The minimum atomic E-state index is 0. The number of anilines is 3. The zero-order valence-electron chi connectivity index (χ0n) is 19.9. The number of hydrogen-bond donors (Lipinski definition) is 0. The van der Waals surface area contributed by atoms with Gasteiger partial charge in [-0.2, -0.15) is 36.6 Å². The van der Waals surface area contributed by atoms with Crippen LogP contribution in [0.2, 0.25) is 0 Å².